The lowest BCUT2D eigenvalue weighted by molar-refractivity contribution is 0.0572. The Labute approximate surface area is 94.4 Å². The zero-order valence-corrected chi connectivity index (χ0v) is 8.87. The first-order valence-corrected chi connectivity index (χ1v) is 5.26. The van der Waals surface area contributed by atoms with Gasteiger partial charge in [0.1, 0.15) is 0 Å². The van der Waals surface area contributed by atoms with E-state index < -0.39 is 12.2 Å². The van der Waals surface area contributed by atoms with Crippen LogP contribution in [0, 0.1) is 11.3 Å². The van der Waals surface area contributed by atoms with Crippen molar-refractivity contribution in [3.05, 3.63) is 35.4 Å². The molecule has 16 heavy (non-hydrogen) atoms. The topological polar surface area (TPSA) is 67.5 Å². The van der Waals surface area contributed by atoms with E-state index in [0.29, 0.717) is 25.2 Å². The Hall–Kier alpha value is -1.41. The van der Waals surface area contributed by atoms with Gasteiger partial charge in [-0.25, -0.2) is 0 Å². The number of benzene rings is 1. The molecule has 2 N–H and O–H groups in total. The van der Waals surface area contributed by atoms with Crippen molar-refractivity contribution in [3.63, 3.8) is 0 Å². The summed E-state index contributed by atoms with van der Waals surface area (Å²) in [6.45, 7) is 1.70. The quantitative estimate of drug-likeness (QED) is 0.738. The van der Waals surface area contributed by atoms with Crippen LogP contribution in [0.3, 0.4) is 0 Å². The van der Waals surface area contributed by atoms with E-state index in [0.717, 1.165) is 5.56 Å². The van der Waals surface area contributed by atoms with Gasteiger partial charge in [-0.05, 0) is 17.7 Å². The molecule has 1 aliphatic rings. The number of rotatable bonds is 2. The Morgan fingerprint density at radius 1 is 1.19 bits per heavy atom. The highest BCUT2D eigenvalue weighted by Gasteiger charge is 2.29. The molecule has 0 spiro atoms. The average Bonchev–Trinajstić information content (AvgIpc) is 2.59. The summed E-state index contributed by atoms with van der Waals surface area (Å²) in [5, 5.41) is 27.4. The molecule has 2 atom stereocenters. The van der Waals surface area contributed by atoms with Gasteiger partial charge < -0.3 is 10.2 Å². The molecule has 1 fully saturated rings. The van der Waals surface area contributed by atoms with Gasteiger partial charge >= 0.3 is 0 Å². The van der Waals surface area contributed by atoms with Crippen LogP contribution in [0.5, 0.6) is 0 Å². The number of nitriles is 1. The summed E-state index contributed by atoms with van der Waals surface area (Å²) < 4.78 is 0. The average molecular weight is 218 g/mol. The predicted molar refractivity (Wildman–Crippen MR) is 58.4 cm³/mol. The second-order valence-electron chi connectivity index (χ2n) is 4.14. The maximum absolute atomic E-state index is 9.39. The fourth-order valence-corrected chi connectivity index (χ4v) is 1.92. The molecule has 2 rings (SSSR count). The molecule has 1 aromatic carbocycles. The summed E-state index contributed by atoms with van der Waals surface area (Å²) >= 11 is 0. The number of aliphatic hydroxyl groups is 2. The zero-order valence-electron chi connectivity index (χ0n) is 8.87. The minimum absolute atomic E-state index is 0.501. The highest BCUT2D eigenvalue weighted by Crippen LogP contribution is 2.14. The third-order valence-corrected chi connectivity index (χ3v) is 2.82. The number of β-amino-alcohol motifs (C(OH)–C–C–N with tert-alkyl or cyclic N) is 2. The van der Waals surface area contributed by atoms with Crippen molar-refractivity contribution < 1.29 is 10.2 Å². The normalized spacial score (nSPS) is 25.6. The molecular formula is C12H14N2O2. The van der Waals surface area contributed by atoms with Gasteiger partial charge in [0.05, 0.1) is 23.8 Å². The molecule has 4 heteroatoms. The molecule has 1 aliphatic heterocycles. The Kier molecular flexibility index (Phi) is 3.20. The van der Waals surface area contributed by atoms with Crippen LogP contribution in [0.2, 0.25) is 0 Å². The van der Waals surface area contributed by atoms with Crippen LogP contribution in [0.25, 0.3) is 0 Å². The van der Waals surface area contributed by atoms with Crippen molar-refractivity contribution in [2.45, 2.75) is 18.8 Å². The molecular weight excluding hydrogens is 204 g/mol. The first-order chi connectivity index (χ1) is 7.69. The minimum atomic E-state index is -0.640. The molecule has 0 saturated carbocycles. The Balaban J connectivity index is 1.97. The summed E-state index contributed by atoms with van der Waals surface area (Å²) in [5.74, 6) is 0. The van der Waals surface area contributed by atoms with Gasteiger partial charge in [-0.15, -0.1) is 0 Å². The maximum Gasteiger partial charge on any atom is 0.0991 e. The molecule has 0 aliphatic carbocycles. The lowest BCUT2D eigenvalue weighted by atomic mass is 10.1. The van der Waals surface area contributed by atoms with Crippen LogP contribution in [-0.4, -0.2) is 40.4 Å². The van der Waals surface area contributed by atoms with Gasteiger partial charge in [-0.1, -0.05) is 12.1 Å². The summed E-state index contributed by atoms with van der Waals surface area (Å²) in [5.41, 5.74) is 1.73. The van der Waals surface area contributed by atoms with Crippen molar-refractivity contribution in [3.8, 4) is 6.07 Å². The van der Waals surface area contributed by atoms with E-state index in [1.54, 1.807) is 12.1 Å². The standard InChI is InChI=1S/C12H14N2O2/c13-5-9-1-3-10(4-2-9)6-14-7-11(15)12(16)8-14/h1-4,11-12,15-16H,6-8H2/t11-,12+. The van der Waals surface area contributed by atoms with Crippen molar-refractivity contribution >= 4 is 0 Å². The first kappa shape index (κ1) is 11.1. The molecule has 0 aromatic heterocycles. The van der Waals surface area contributed by atoms with Gasteiger partial charge in [-0.2, -0.15) is 5.26 Å². The number of hydrogen-bond acceptors (Lipinski definition) is 4. The first-order valence-electron chi connectivity index (χ1n) is 5.26. The van der Waals surface area contributed by atoms with Crippen LogP contribution in [-0.2, 0) is 6.54 Å². The van der Waals surface area contributed by atoms with E-state index in [2.05, 4.69) is 6.07 Å². The second kappa shape index (κ2) is 4.62. The van der Waals surface area contributed by atoms with Gasteiger partial charge in [0, 0.05) is 19.6 Å². The zero-order chi connectivity index (χ0) is 11.5. The lowest BCUT2D eigenvalue weighted by Gasteiger charge is -2.14. The van der Waals surface area contributed by atoms with Gasteiger partial charge in [0.2, 0.25) is 0 Å². The number of aliphatic hydroxyl groups excluding tert-OH is 2. The van der Waals surface area contributed by atoms with E-state index in [9.17, 15) is 10.2 Å². The second-order valence-corrected chi connectivity index (χ2v) is 4.14. The number of nitrogens with zero attached hydrogens (tertiary/aromatic N) is 2. The van der Waals surface area contributed by atoms with Crippen LogP contribution in [0.15, 0.2) is 24.3 Å². The molecule has 1 heterocycles. The van der Waals surface area contributed by atoms with E-state index in [4.69, 9.17) is 5.26 Å². The van der Waals surface area contributed by atoms with Gasteiger partial charge in [0.15, 0.2) is 0 Å². The summed E-state index contributed by atoms with van der Waals surface area (Å²) in [7, 11) is 0. The molecule has 0 bridgehead atoms. The van der Waals surface area contributed by atoms with E-state index in [1.807, 2.05) is 17.0 Å². The third-order valence-electron chi connectivity index (χ3n) is 2.82. The Bertz CT molecular complexity index is 386. The largest absolute Gasteiger partial charge is 0.389 e. The summed E-state index contributed by atoms with van der Waals surface area (Å²) in [4.78, 5) is 2.00. The molecule has 0 unspecified atom stereocenters. The molecule has 0 amide bonds. The third kappa shape index (κ3) is 2.39. The number of likely N-dealkylation sites (tertiary alicyclic amines) is 1. The lowest BCUT2D eigenvalue weighted by Crippen LogP contribution is -2.22. The van der Waals surface area contributed by atoms with E-state index >= 15 is 0 Å². The van der Waals surface area contributed by atoms with Crippen molar-refractivity contribution in [2.75, 3.05) is 13.1 Å². The van der Waals surface area contributed by atoms with Gasteiger partial charge in [0.25, 0.3) is 0 Å². The molecule has 1 aromatic rings. The molecule has 84 valence electrons. The molecule has 1 saturated heterocycles. The Morgan fingerprint density at radius 3 is 2.25 bits per heavy atom. The molecule has 0 radical (unpaired) electrons. The highest BCUT2D eigenvalue weighted by molar-refractivity contribution is 5.31. The van der Waals surface area contributed by atoms with Crippen LogP contribution in [0.1, 0.15) is 11.1 Å². The summed E-state index contributed by atoms with van der Waals surface area (Å²) in [6, 6.07) is 9.42. The fraction of sp³-hybridized carbons (Fsp3) is 0.417. The predicted octanol–water partition coefficient (Wildman–Crippen LogP) is 0.0957. The van der Waals surface area contributed by atoms with Crippen LogP contribution in [0.4, 0.5) is 0 Å². The van der Waals surface area contributed by atoms with Crippen molar-refractivity contribution in [2.24, 2.45) is 0 Å². The monoisotopic (exact) mass is 218 g/mol. The van der Waals surface area contributed by atoms with Crippen LogP contribution < -0.4 is 0 Å². The minimum Gasteiger partial charge on any atom is -0.389 e. The smallest absolute Gasteiger partial charge is 0.0991 e. The van der Waals surface area contributed by atoms with Gasteiger partial charge in [-0.3, -0.25) is 4.90 Å². The SMILES string of the molecule is N#Cc1ccc(CN2C[C@@H](O)[C@@H](O)C2)cc1. The number of hydrogen-bond donors (Lipinski definition) is 2. The molecule has 4 nitrogen and oxygen atoms in total. The van der Waals surface area contributed by atoms with Crippen molar-refractivity contribution in [1.82, 2.24) is 4.90 Å². The maximum atomic E-state index is 9.39. The van der Waals surface area contributed by atoms with Crippen molar-refractivity contribution in [1.29, 1.82) is 5.26 Å². The van der Waals surface area contributed by atoms with E-state index in [1.165, 1.54) is 0 Å². The van der Waals surface area contributed by atoms with E-state index in [-0.39, 0.29) is 0 Å². The fourth-order valence-electron chi connectivity index (χ4n) is 1.92. The highest BCUT2D eigenvalue weighted by atomic mass is 16.3. The Morgan fingerprint density at radius 2 is 1.75 bits per heavy atom. The summed E-state index contributed by atoms with van der Waals surface area (Å²) in [6.07, 6.45) is -1.28. The van der Waals surface area contributed by atoms with Crippen LogP contribution >= 0.6 is 0 Å².